The van der Waals surface area contributed by atoms with Gasteiger partial charge in [0.1, 0.15) is 12.1 Å². The fraction of sp³-hybridized carbons (Fsp3) is 0.444. The van der Waals surface area contributed by atoms with Crippen molar-refractivity contribution in [2.45, 2.75) is 31.7 Å². The number of carboxylic acids is 1. The van der Waals surface area contributed by atoms with Crippen LogP contribution in [0.2, 0.25) is 0 Å². The van der Waals surface area contributed by atoms with Crippen LogP contribution < -0.4 is 5.32 Å². The van der Waals surface area contributed by atoms with Crippen LogP contribution in [-0.2, 0) is 19.1 Å². The molecule has 3 unspecified atom stereocenters. The Balaban J connectivity index is 1.43. The molecule has 1 saturated heterocycles. The number of nitrogens with zero attached hydrogens (tertiary/aromatic N) is 1. The lowest BCUT2D eigenvalue weighted by Crippen LogP contribution is -2.62. The predicted molar refractivity (Wildman–Crippen MR) is 130 cm³/mol. The quantitative estimate of drug-likeness (QED) is 0.629. The molecule has 8 nitrogen and oxygen atoms in total. The number of benzene rings is 2. The summed E-state index contributed by atoms with van der Waals surface area (Å²) < 4.78 is 10.9. The van der Waals surface area contributed by atoms with Crippen LogP contribution in [0.5, 0.6) is 0 Å². The van der Waals surface area contributed by atoms with Crippen molar-refractivity contribution in [3.63, 3.8) is 0 Å². The lowest BCUT2D eigenvalue weighted by atomic mass is 9.86. The molecule has 2 aromatic carbocycles. The minimum atomic E-state index is -1.34. The molecule has 1 aliphatic carbocycles. The van der Waals surface area contributed by atoms with Crippen LogP contribution in [-0.4, -0.2) is 66.9 Å². The fourth-order valence-electron chi connectivity index (χ4n) is 5.35. The third-order valence-corrected chi connectivity index (χ3v) is 7.14. The van der Waals surface area contributed by atoms with E-state index < -0.39 is 23.5 Å². The van der Waals surface area contributed by atoms with Crippen molar-refractivity contribution in [3.8, 4) is 11.1 Å². The Morgan fingerprint density at radius 3 is 2.23 bits per heavy atom. The van der Waals surface area contributed by atoms with Gasteiger partial charge in [-0.2, -0.15) is 0 Å². The first-order chi connectivity index (χ1) is 16.7. The number of hydrogen-bond donors (Lipinski definition) is 2. The summed E-state index contributed by atoms with van der Waals surface area (Å²) in [6.45, 7) is 4.15. The number of carbonyl (C=O) groups is 3. The SMILES string of the molecule is COCC(C)(NC(=O)OCC1c2ccccc2-c2ccccc21)C(=O)N1CCC(C(=O)O)C(C)C1. The lowest BCUT2D eigenvalue weighted by Gasteiger charge is -2.40. The highest BCUT2D eigenvalue weighted by Crippen LogP contribution is 2.44. The molecule has 35 heavy (non-hydrogen) atoms. The van der Waals surface area contributed by atoms with Crippen molar-refractivity contribution in [1.82, 2.24) is 10.2 Å². The summed E-state index contributed by atoms with van der Waals surface area (Å²) in [5.41, 5.74) is 3.14. The molecule has 186 valence electrons. The molecule has 1 aliphatic heterocycles. The fourth-order valence-corrected chi connectivity index (χ4v) is 5.35. The van der Waals surface area contributed by atoms with Gasteiger partial charge in [-0.05, 0) is 41.5 Å². The second kappa shape index (κ2) is 10.1. The number of likely N-dealkylation sites (tertiary alicyclic amines) is 1. The van der Waals surface area contributed by atoms with E-state index >= 15 is 0 Å². The minimum Gasteiger partial charge on any atom is -0.481 e. The van der Waals surface area contributed by atoms with Crippen LogP contribution in [0.1, 0.15) is 37.3 Å². The summed E-state index contributed by atoms with van der Waals surface area (Å²) in [5, 5.41) is 12.1. The Hall–Kier alpha value is -3.39. The van der Waals surface area contributed by atoms with Gasteiger partial charge in [0.05, 0.1) is 12.5 Å². The predicted octanol–water partition coefficient (Wildman–Crippen LogP) is 3.50. The van der Waals surface area contributed by atoms with Gasteiger partial charge in [-0.25, -0.2) is 4.79 Å². The van der Waals surface area contributed by atoms with Crippen LogP contribution in [0, 0.1) is 11.8 Å². The standard InChI is InChI=1S/C27H32N2O6/c1-17-14-29(13-12-18(17)24(30)31)25(32)27(2,16-34-3)28-26(33)35-15-23-21-10-6-4-8-19(21)20-9-5-7-11-22(20)23/h4-11,17-18,23H,12-16H2,1-3H3,(H,28,33)(H,30,31). The number of aliphatic carboxylic acids is 1. The lowest BCUT2D eigenvalue weighted by molar-refractivity contribution is -0.150. The van der Waals surface area contributed by atoms with Gasteiger partial charge in [0, 0.05) is 26.1 Å². The number of fused-ring (bicyclic) bond motifs is 3. The third kappa shape index (κ3) is 4.89. The van der Waals surface area contributed by atoms with Crippen molar-refractivity contribution in [3.05, 3.63) is 59.7 Å². The molecule has 2 amide bonds. The van der Waals surface area contributed by atoms with Crippen molar-refractivity contribution in [2.24, 2.45) is 11.8 Å². The Bertz CT molecular complexity index is 1070. The topological polar surface area (TPSA) is 105 Å². The molecule has 2 aromatic rings. The van der Waals surface area contributed by atoms with Gasteiger partial charge in [-0.15, -0.1) is 0 Å². The van der Waals surface area contributed by atoms with Crippen molar-refractivity contribution in [1.29, 1.82) is 0 Å². The van der Waals surface area contributed by atoms with Crippen LogP contribution in [0.25, 0.3) is 11.1 Å². The maximum absolute atomic E-state index is 13.4. The summed E-state index contributed by atoms with van der Waals surface area (Å²) in [5.74, 6) is -1.92. The number of nitrogens with one attached hydrogen (secondary N) is 1. The molecular formula is C27H32N2O6. The smallest absolute Gasteiger partial charge is 0.408 e. The number of carbonyl (C=O) groups excluding carboxylic acids is 2. The first-order valence-electron chi connectivity index (χ1n) is 11.9. The number of ether oxygens (including phenoxy) is 2. The summed E-state index contributed by atoms with van der Waals surface area (Å²) in [4.78, 5) is 39.3. The van der Waals surface area contributed by atoms with Gasteiger partial charge in [0.2, 0.25) is 0 Å². The van der Waals surface area contributed by atoms with E-state index in [-0.39, 0.29) is 31.0 Å². The molecule has 2 aliphatic rings. The van der Waals surface area contributed by atoms with Crippen molar-refractivity contribution >= 4 is 18.0 Å². The molecular weight excluding hydrogens is 448 g/mol. The Morgan fingerprint density at radius 2 is 1.69 bits per heavy atom. The molecule has 1 fully saturated rings. The van der Waals surface area contributed by atoms with E-state index in [1.165, 1.54) is 7.11 Å². The number of alkyl carbamates (subject to hydrolysis) is 1. The van der Waals surface area contributed by atoms with E-state index in [0.29, 0.717) is 19.5 Å². The summed E-state index contributed by atoms with van der Waals surface area (Å²) >= 11 is 0. The van der Waals surface area contributed by atoms with Crippen LogP contribution in [0.4, 0.5) is 4.79 Å². The molecule has 0 saturated carbocycles. The number of piperidine rings is 1. The third-order valence-electron chi connectivity index (χ3n) is 7.14. The molecule has 1 heterocycles. The van der Waals surface area contributed by atoms with E-state index in [4.69, 9.17) is 9.47 Å². The normalized spacial score (nSPS) is 20.9. The van der Waals surface area contributed by atoms with Gasteiger partial charge in [-0.1, -0.05) is 55.5 Å². The number of carboxylic acid groups (broad SMARTS) is 1. The van der Waals surface area contributed by atoms with E-state index in [0.717, 1.165) is 22.3 Å². The first-order valence-corrected chi connectivity index (χ1v) is 11.9. The highest BCUT2D eigenvalue weighted by molar-refractivity contribution is 5.90. The highest BCUT2D eigenvalue weighted by atomic mass is 16.5. The number of methoxy groups -OCH3 is 1. The Kier molecular flexibility index (Phi) is 7.12. The zero-order chi connectivity index (χ0) is 25.2. The van der Waals surface area contributed by atoms with Gasteiger partial charge in [-0.3, -0.25) is 9.59 Å². The molecule has 2 N–H and O–H groups in total. The zero-order valence-electron chi connectivity index (χ0n) is 20.3. The minimum absolute atomic E-state index is 0.0384. The number of hydrogen-bond acceptors (Lipinski definition) is 5. The molecule has 0 spiro atoms. The van der Waals surface area contributed by atoms with Crippen LogP contribution >= 0.6 is 0 Å². The first kappa shape index (κ1) is 24.7. The van der Waals surface area contributed by atoms with E-state index in [1.54, 1.807) is 11.8 Å². The van der Waals surface area contributed by atoms with E-state index in [1.807, 2.05) is 43.3 Å². The van der Waals surface area contributed by atoms with Gasteiger partial charge < -0.3 is 24.8 Å². The second-order valence-corrected chi connectivity index (χ2v) is 9.68. The molecule has 0 bridgehead atoms. The van der Waals surface area contributed by atoms with Crippen molar-refractivity contribution in [2.75, 3.05) is 33.4 Å². The van der Waals surface area contributed by atoms with Gasteiger partial charge in [0.25, 0.3) is 5.91 Å². The zero-order valence-corrected chi connectivity index (χ0v) is 20.3. The van der Waals surface area contributed by atoms with Crippen LogP contribution in [0.3, 0.4) is 0 Å². The number of rotatable bonds is 7. The van der Waals surface area contributed by atoms with E-state index in [9.17, 15) is 19.5 Å². The molecule has 3 atom stereocenters. The largest absolute Gasteiger partial charge is 0.481 e. The highest BCUT2D eigenvalue weighted by Gasteiger charge is 2.42. The average Bonchev–Trinajstić information content (AvgIpc) is 3.16. The number of amides is 2. The summed E-state index contributed by atoms with van der Waals surface area (Å²) in [6.07, 6.45) is -0.329. The Labute approximate surface area is 205 Å². The summed E-state index contributed by atoms with van der Waals surface area (Å²) in [6, 6.07) is 16.2. The molecule has 8 heteroatoms. The second-order valence-electron chi connectivity index (χ2n) is 9.68. The van der Waals surface area contributed by atoms with Crippen LogP contribution in [0.15, 0.2) is 48.5 Å². The van der Waals surface area contributed by atoms with Gasteiger partial charge >= 0.3 is 12.1 Å². The Morgan fingerprint density at radius 1 is 1.09 bits per heavy atom. The maximum atomic E-state index is 13.4. The maximum Gasteiger partial charge on any atom is 0.408 e. The monoisotopic (exact) mass is 480 g/mol. The molecule has 4 rings (SSSR count). The average molecular weight is 481 g/mol. The van der Waals surface area contributed by atoms with Gasteiger partial charge in [0.15, 0.2) is 0 Å². The molecule has 0 aromatic heterocycles. The molecule has 0 radical (unpaired) electrons. The summed E-state index contributed by atoms with van der Waals surface area (Å²) in [7, 11) is 1.46. The van der Waals surface area contributed by atoms with Crippen molar-refractivity contribution < 1.29 is 29.0 Å². The van der Waals surface area contributed by atoms with E-state index in [2.05, 4.69) is 17.4 Å².